The first-order chi connectivity index (χ1) is 6.77. The number of aromatic nitrogens is 1. The van der Waals surface area contributed by atoms with Crippen LogP contribution in [0.1, 0.15) is 24.6 Å². The van der Waals surface area contributed by atoms with E-state index in [4.69, 9.17) is 5.11 Å². The summed E-state index contributed by atoms with van der Waals surface area (Å²) in [6.45, 7) is 0. The zero-order chi connectivity index (χ0) is 9.97. The second-order valence-electron chi connectivity index (χ2n) is 3.44. The molecule has 1 aliphatic rings. The Morgan fingerprint density at radius 3 is 2.93 bits per heavy atom. The topological polar surface area (TPSA) is 62.2 Å². The normalized spacial score (nSPS) is 26.3. The molecule has 0 radical (unpaired) electrons. The molecule has 0 aromatic carbocycles. The van der Waals surface area contributed by atoms with Crippen molar-refractivity contribution in [2.24, 2.45) is 0 Å². The highest BCUT2D eigenvalue weighted by Crippen LogP contribution is 2.24. The Balaban J connectivity index is 2.06. The summed E-state index contributed by atoms with van der Waals surface area (Å²) in [7, 11) is 0. The highest BCUT2D eigenvalue weighted by molar-refractivity contribution is 5.73. The van der Waals surface area contributed by atoms with E-state index in [2.05, 4.69) is 10.3 Å². The number of nitrogens with zero attached hydrogens (tertiary/aromatic N) is 1. The summed E-state index contributed by atoms with van der Waals surface area (Å²) < 4.78 is 0. The lowest BCUT2D eigenvalue weighted by Gasteiger charge is -2.10. The minimum Gasteiger partial charge on any atom is -0.480 e. The number of pyridine rings is 1. The molecule has 74 valence electrons. The zero-order valence-corrected chi connectivity index (χ0v) is 7.68. The van der Waals surface area contributed by atoms with E-state index in [1.165, 1.54) is 0 Å². The predicted molar refractivity (Wildman–Crippen MR) is 50.8 cm³/mol. The average Bonchev–Trinajstić information content (AvgIpc) is 2.68. The van der Waals surface area contributed by atoms with E-state index >= 15 is 0 Å². The van der Waals surface area contributed by atoms with Crippen LogP contribution in [-0.2, 0) is 4.79 Å². The molecule has 4 nitrogen and oxygen atoms in total. The number of rotatable bonds is 2. The number of nitrogens with one attached hydrogen (secondary N) is 1. The Bertz CT molecular complexity index is 326. The van der Waals surface area contributed by atoms with Crippen LogP contribution in [0, 0.1) is 0 Å². The van der Waals surface area contributed by atoms with Gasteiger partial charge in [-0.1, -0.05) is 6.07 Å². The fourth-order valence-corrected chi connectivity index (χ4v) is 1.75. The molecule has 0 saturated carbocycles. The van der Waals surface area contributed by atoms with Gasteiger partial charge >= 0.3 is 5.97 Å². The standard InChI is InChI=1S/C10H12N2O2/c13-10(14)9-5-4-8(12-9)7-3-1-2-6-11-7/h1-3,6,8-9,12H,4-5H2,(H,13,14)/t8-,9+/m1/s1. The number of hydrogen-bond acceptors (Lipinski definition) is 3. The first kappa shape index (κ1) is 9.15. The van der Waals surface area contributed by atoms with Crippen molar-refractivity contribution in [2.75, 3.05) is 0 Å². The smallest absolute Gasteiger partial charge is 0.320 e. The van der Waals surface area contributed by atoms with Crippen LogP contribution in [0.4, 0.5) is 0 Å². The number of carbonyl (C=O) groups is 1. The van der Waals surface area contributed by atoms with E-state index in [0.29, 0.717) is 6.42 Å². The lowest BCUT2D eigenvalue weighted by molar-refractivity contribution is -0.139. The predicted octanol–water partition coefficient (Wildman–Crippen LogP) is 0.959. The van der Waals surface area contributed by atoms with Gasteiger partial charge in [-0.05, 0) is 25.0 Å². The van der Waals surface area contributed by atoms with Crippen molar-refractivity contribution in [1.82, 2.24) is 10.3 Å². The Morgan fingerprint density at radius 2 is 2.36 bits per heavy atom. The van der Waals surface area contributed by atoms with Gasteiger partial charge in [-0.15, -0.1) is 0 Å². The fourth-order valence-electron chi connectivity index (χ4n) is 1.75. The molecule has 1 aromatic heterocycles. The van der Waals surface area contributed by atoms with E-state index in [1.54, 1.807) is 6.20 Å². The minimum atomic E-state index is -0.775. The first-order valence-electron chi connectivity index (χ1n) is 4.67. The Hall–Kier alpha value is -1.42. The van der Waals surface area contributed by atoms with Gasteiger partial charge in [-0.2, -0.15) is 0 Å². The molecule has 2 rings (SSSR count). The Kier molecular flexibility index (Phi) is 2.45. The van der Waals surface area contributed by atoms with Gasteiger partial charge in [0.15, 0.2) is 0 Å². The number of hydrogen-bond donors (Lipinski definition) is 2. The SMILES string of the molecule is O=C(O)[C@@H]1CC[C@H](c2ccccn2)N1. The third-order valence-electron chi connectivity index (χ3n) is 2.49. The molecule has 1 fully saturated rings. The first-order valence-corrected chi connectivity index (χ1v) is 4.67. The molecule has 0 unspecified atom stereocenters. The third-order valence-corrected chi connectivity index (χ3v) is 2.49. The molecule has 2 atom stereocenters. The molecule has 2 N–H and O–H groups in total. The summed E-state index contributed by atoms with van der Waals surface area (Å²) in [5.74, 6) is -0.775. The van der Waals surface area contributed by atoms with Crippen LogP contribution >= 0.6 is 0 Å². The second kappa shape index (κ2) is 3.75. The van der Waals surface area contributed by atoms with Crippen LogP contribution in [0.25, 0.3) is 0 Å². The van der Waals surface area contributed by atoms with Gasteiger partial charge in [0.1, 0.15) is 6.04 Å². The third kappa shape index (κ3) is 1.75. The molecule has 14 heavy (non-hydrogen) atoms. The quantitative estimate of drug-likeness (QED) is 0.732. The van der Waals surface area contributed by atoms with E-state index in [-0.39, 0.29) is 6.04 Å². The number of aliphatic carboxylic acids is 1. The van der Waals surface area contributed by atoms with E-state index in [0.717, 1.165) is 12.1 Å². The number of carboxylic acids is 1. The van der Waals surface area contributed by atoms with Crippen LogP contribution in [0.2, 0.25) is 0 Å². The fraction of sp³-hybridized carbons (Fsp3) is 0.400. The molecule has 2 heterocycles. The molecule has 1 aromatic rings. The number of carboxylic acid groups (broad SMARTS) is 1. The van der Waals surface area contributed by atoms with E-state index in [9.17, 15) is 4.79 Å². The minimum absolute atomic E-state index is 0.0947. The Labute approximate surface area is 82.0 Å². The van der Waals surface area contributed by atoms with E-state index < -0.39 is 12.0 Å². The highest BCUT2D eigenvalue weighted by atomic mass is 16.4. The second-order valence-corrected chi connectivity index (χ2v) is 3.44. The van der Waals surface area contributed by atoms with Crippen molar-refractivity contribution < 1.29 is 9.90 Å². The van der Waals surface area contributed by atoms with Crippen LogP contribution < -0.4 is 5.32 Å². The largest absolute Gasteiger partial charge is 0.480 e. The van der Waals surface area contributed by atoms with Gasteiger partial charge in [0.05, 0.1) is 11.7 Å². The summed E-state index contributed by atoms with van der Waals surface area (Å²) in [5, 5.41) is 11.8. The van der Waals surface area contributed by atoms with Gasteiger partial charge in [0.25, 0.3) is 0 Å². The maximum Gasteiger partial charge on any atom is 0.320 e. The van der Waals surface area contributed by atoms with Crippen molar-refractivity contribution in [3.63, 3.8) is 0 Å². The van der Waals surface area contributed by atoms with Gasteiger partial charge in [0.2, 0.25) is 0 Å². The van der Waals surface area contributed by atoms with Gasteiger partial charge in [-0.25, -0.2) is 0 Å². The lowest BCUT2D eigenvalue weighted by atomic mass is 10.1. The van der Waals surface area contributed by atoms with Gasteiger partial charge in [0, 0.05) is 6.20 Å². The lowest BCUT2D eigenvalue weighted by Crippen LogP contribution is -2.32. The Morgan fingerprint density at radius 1 is 1.50 bits per heavy atom. The monoisotopic (exact) mass is 192 g/mol. The molecular weight excluding hydrogens is 180 g/mol. The van der Waals surface area contributed by atoms with Crippen molar-refractivity contribution in [1.29, 1.82) is 0 Å². The molecule has 1 saturated heterocycles. The maximum atomic E-state index is 10.7. The highest BCUT2D eigenvalue weighted by Gasteiger charge is 2.29. The van der Waals surface area contributed by atoms with Crippen LogP contribution in [0.15, 0.2) is 24.4 Å². The molecule has 0 aliphatic carbocycles. The molecule has 4 heteroatoms. The van der Waals surface area contributed by atoms with E-state index in [1.807, 2.05) is 18.2 Å². The van der Waals surface area contributed by atoms with Crippen LogP contribution in [-0.4, -0.2) is 22.1 Å². The summed E-state index contributed by atoms with van der Waals surface area (Å²) in [6, 6.07) is 5.37. The van der Waals surface area contributed by atoms with Crippen molar-refractivity contribution in [3.8, 4) is 0 Å². The zero-order valence-electron chi connectivity index (χ0n) is 7.68. The molecular formula is C10H12N2O2. The summed E-state index contributed by atoms with van der Waals surface area (Å²) >= 11 is 0. The maximum absolute atomic E-state index is 10.7. The molecule has 0 amide bonds. The summed E-state index contributed by atoms with van der Waals surface area (Å²) in [4.78, 5) is 14.9. The van der Waals surface area contributed by atoms with Crippen molar-refractivity contribution in [3.05, 3.63) is 30.1 Å². The summed E-state index contributed by atoms with van der Waals surface area (Å²) in [6.07, 6.45) is 3.25. The van der Waals surface area contributed by atoms with Crippen molar-refractivity contribution >= 4 is 5.97 Å². The molecule has 0 bridgehead atoms. The van der Waals surface area contributed by atoms with Crippen LogP contribution in [0.3, 0.4) is 0 Å². The summed E-state index contributed by atoms with van der Waals surface area (Å²) in [5.41, 5.74) is 0.927. The molecule has 1 aliphatic heterocycles. The van der Waals surface area contributed by atoms with Gasteiger partial charge < -0.3 is 5.11 Å². The van der Waals surface area contributed by atoms with Gasteiger partial charge in [-0.3, -0.25) is 15.1 Å². The van der Waals surface area contributed by atoms with Crippen molar-refractivity contribution in [2.45, 2.75) is 24.9 Å². The average molecular weight is 192 g/mol. The molecule has 0 spiro atoms. The van der Waals surface area contributed by atoms with Crippen LogP contribution in [0.5, 0.6) is 0 Å².